The first-order valence-corrected chi connectivity index (χ1v) is 11.6. The van der Waals surface area contributed by atoms with E-state index < -0.39 is 0 Å². The molecule has 4 aromatic rings. The first kappa shape index (κ1) is 21.3. The van der Waals surface area contributed by atoms with Gasteiger partial charge in [-0.3, -0.25) is 19.5 Å². The Labute approximate surface area is 205 Å². The van der Waals surface area contributed by atoms with Crippen LogP contribution in [0.1, 0.15) is 42.3 Å². The molecule has 3 aromatic carbocycles. The molecule has 2 aliphatic rings. The molecular formula is C27H19ClN4O3. The summed E-state index contributed by atoms with van der Waals surface area (Å²) in [4.78, 5) is 41.7. The molecule has 2 aliphatic heterocycles. The topological polar surface area (TPSA) is 86.4 Å². The zero-order valence-corrected chi connectivity index (χ0v) is 19.2. The minimum atomic E-state index is -0.358. The van der Waals surface area contributed by atoms with E-state index in [2.05, 4.69) is 10.2 Å². The van der Waals surface area contributed by atoms with Gasteiger partial charge in [-0.25, -0.2) is 4.90 Å². The van der Waals surface area contributed by atoms with Crippen molar-refractivity contribution < 1.29 is 14.4 Å². The molecular weight excluding hydrogens is 464 g/mol. The summed E-state index contributed by atoms with van der Waals surface area (Å²) in [6.07, 6.45) is 0.675. The molecule has 0 saturated heterocycles. The fraction of sp³-hybridized carbons (Fsp3) is 0.111. The number of aromatic amines is 1. The summed E-state index contributed by atoms with van der Waals surface area (Å²) in [5, 5.41) is 8.23. The Kier molecular flexibility index (Phi) is 5.00. The van der Waals surface area contributed by atoms with E-state index >= 15 is 0 Å². The van der Waals surface area contributed by atoms with Crippen molar-refractivity contribution in [3.05, 3.63) is 106 Å². The number of H-pyrrole nitrogens is 1. The van der Waals surface area contributed by atoms with Gasteiger partial charge in [0, 0.05) is 46.9 Å². The number of imide groups is 1. The summed E-state index contributed by atoms with van der Waals surface area (Å²) in [6.45, 7) is 0.997. The largest absolute Gasteiger partial charge is 0.334 e. The second-order valence-corrected chi connectivity index (χ2v) is 8.99. The molecule has 0 fully saturated rings. The summed E-state index contributed by atoms with van der Waals surface area (Å²) in [7, 11) is 0. The number of rotatable bonds is 3. The number of benzene rings is 3. The lowest BCUT2D eigenvalue weighted by Gasteiger charge is -2.27. The molecule has 1 aromatic heterocycles. The summed E-state index contributed by atoms with van der Waals surface area (Å²) >= 11 is 6.02. The Bertz CT molecular complexity index is 1460. The van der Waals surface area contributed by atoms with Crippen LogP contribution in [0.3, 0.4) is 0 Å². The van der Waals surface area contributed by atoms with Gasteiger partial charge in [-0.15, -0.1) is 0 Å². The molecule has 0 spiro atoms. The molecule has 3 amide bonds. The van der Waals surface area contributed by atoms with Crippen LogP contribution in [-0.2, 0) is 13.0 Å². The molecule has 0 atom stereocenters. The van der Waals surface area contributed by atoms with Crippen molar-refractivity contribution >= 4 is 35.0 Å². The second kappa shape index (κ2) is 8.21. The fourth-order valence-corrected chi connectivity index (χ4v) is 4.80. The molecule has 8 heteroatoms. The SMILES string of the molecule is O=C(c1ccc(N2C(=O)c3ccccc3C2=O)cc1)N1CCc2[nH]nc(-c3ccc(Cl)cc3)c2C1. The number of fused-ring (bicyclic) bond motifs is 2. The average Bonchev–Trinajstić information content (AvgIpc) is 3.43. The third-order valence-electron chi connectivity index (χ3n) is 6.50. The minimum absolute atomic E-state index is 0.118. The van der Waals surface area contributed by atoms with E-state index in [0.29, 0.717) is 46.9 Å². The Morgan fingerprint density at radius 3 is 2.20 bits per heavy atom. The highest BCUT2D eigenvalue weighted by atomic mass is 35.5. The molecule has 3 heterocycles. The number of nitrogens with zero attached hydrogens (tertiary/aromatic N) is 3. The van der Waals surface area contributed by atoms with Crippen molar-refractivity contribution in [2.45, 2.75) is 13.0 Å². The van der Waals surface area contributed by atoms with Crippen LogP contribution in [0.4, 0.5) is 5.69 Å². The Hall–Kier alpha value is -4.23. The van der Waals surface area contributed by atoms with Crippen molar-refractivity contribution in [2.75, 3.05) is 11.4 Å². The molecule has 0 bridgehead atoms. The van der Waals surface area contributed by atoms with E-state index in [-0.39, 0.29) is 17.7 Å². The number of carbonyl (C=O) groups excluding carboxylic acids is 3. The van der Waals surface area contributed by atoms with E-state index in [4.69, 9.17) is 11.6 Å². The number of carbonyl (C=O) groups is 3. The van der Waals surface area contributed by atoms with E-state index in [9.17, 15) is 14.4 Å². The summed E-state index contributed by atoms with van der Waals surface area (Å²) in [5.74, 6) is -0.835. The van der Waals surface area contributed by atoms with Crippen LogP contribution in [0.2, 0.25) is 5.02 Å². The van der Waals surface area contributed by atoms with Gasteiger partial charge in [0.15, 0.2) is 0 Å². The lowest BCUT2D eigenvalue weighted by atomic mass is 10.0. The standard InChI is InChI=1S/C27H19ClN4O3/c28-18-9-5-16(6-10-18)24-22-15-31(14-13-23(22)29-30-24)25(33)17-7-11-19(12-8-17)32-26(34)20-3-1-2-4-21(20)27(32)35/h1-12H,13-15H2,(H,29,30). The third-order valence-corrected chi connectivity index (χ3v) is 6.76. The summed E-state index contributed by atoms with van der Waals surface area (Å²) < 4.78 is 0. The third kappa shape index (κ3) is 3.52. The zero-order chi connectivity index (χ0) is 24.1. The number of halogens is 1. The summed E-state index contributed by atoms with van der Waals surface area (Å²) in [6, 6.07) is 20.8. The van der Waals surface area contributed by atoms with E-state index in [1.165, 1.54) is 0 Å². The Morgan fingerprint density at radius 1 is 0.886 bits per heavy atom. The van der Waals surface area contributed by atoms with Crippen LogP contribution in [0, 0.1) is 0 Å². The number of hydrogen-bond donors (Lipinski definition) is 1. The fourth-order valence-electron chi connectivity index (χ4n) is 4.67. The molecule has 1 N–H and O–H groups in total. The van der Waals surface area contributed by atoms with Gasteiger partial charge >= 0.3 is 0 Å². The molecule has 7 nitrogen and oxygen atoms in total. The normalized spacial score (nSPS) is 14.8. The molecule has 0 unspecified atom stereocenters. The highest BCUT2D eigenvalue weighted by Crippen LogP contribution is 2.31. The monoisotopic (exact) mass is 482 g/mol. The van der Waals surface area contributed by atoms with Crippen LogP contribution < -0.4 is 4.90 Å². The smallest absolute Gasteiger partial charge is 0.266 e. The van der Waals surface area contributed by atoms with E-state index in [1.807, 2.05) is 24.3 Å². The van der Waals surface area contributed by atoms with Gasteiger partial charge in [0.1, 0.15) is 0 Å². The molecule has 6 rings (SSSR count). The van der Waals surface area contributed by atoms with Gasteiger partial charge in [0.2, 0.25) is 0 Å². The lowest BCUT2D eigenvalue weighted by Crippen LogP contribution is -2.36. The predicted octanol–water partition coefficient (Wildman–Crippen LogP) is 4.73. The van der Waals surface area contributed by atoms with Crippen molar-refractivity contribution in [1.29, 1.82) is 0 Å². The number of nitrogens with one attached hydrogen (secondary N) is 1. The summed E-state index contributed by atoms with van der Waals surface area (Å²) in [5.41, 5.74) is 5.48. The Morgan fingerprint density at radius 2 is 1.54 bits per heavy atom. The van der Waals surface area contributed by atoms with Gasteiger partial charge in [-0.1, -0.05) is 35.9 Å². The van der Waals surface area contributed by atoms with Gasteiger partial charge in [-0.05, 0) is 48.5 Å². The average molecular weight is 483 g/mol. The first-order valence-electron chi connectivity index (χ1n) is 11.2. The van der Waals surface area contributed by atoms with Gasteiger partial charge in [0.05, 0.1) is 22.5 Å². The van der Waals surface area contributed by atoms with Crippen molar-refractivity contribution in [3.63, 3.8) is 0 Å². The van der Waals surface area contributed by atoms with Crippen LogP contribution in [0.15, 0.2) is 72.8 Å². The lowest BCUT2D eigenvalue weighted by molar-refractivity contribution is 0.0734. The first-order chi connectivity index (χ1) is 17.0. The zero-order valence-electron chi connectivity index (χ0n) is 18.5. The molecule has 0 saturated carbocycles. The van der Waals surface area contributed by atoms with Gasteiger partial charge in [0.25, 0.3) is 17.7 Å². The molecule has 0 radical (unpaired) electrons. The highest BCUT2D eigenvalue weighted by Gasteiger charge is 2.36. The predicted molar refractivity (Wildman–Crippen MR) is 132 cm³/mol. The molecule has 172 valence electrons. The van der Waals surface area contributed by atoms with Crippen LogP contribution in [0.5, 0.6) is 0 Å². The quantitative estimate of drug-likeness (QED) is 0.428. The number of amides is 3. The number of aromatic nitrogens is 2. The van der Waals surface area contributed by atoms with Gasteiger partial charge in [-0.2, -0.15) is 5.10 Å². The van der Waals surface area contributed by atoms with Gasteiger partial charge < -0.3 is 4.90 Å². The Balaban J connectivity index is 1.22. The maximum Gasteiger partial charge on any atom is 0.266 e. The maximum atomic E-state index is 13.3. The van der Waals surface area contributed by atoms with Crippen molar-refractivity contribution in [2.24, 2.45) is 0 Å². The van der Waals surface area contributed by atoms with Crippen LogP contribution in [-0.4, -0.2) is 39.4 Å². The highest BCUT2D eigenvalue weighted by molar-refractivity contribution is 6.34. The van der Waals surface area contributed by atoms with Crippen LogP contribution >= 0.6 is 11.6 Å². The second-order valence-electron chi connectivity index (χ2n) is 8.55. The number of anilines is 1. The molecule has 35 heavy (non-hydrogen) atoms. The van der Waals surface area contributed by atoms with Crippen molar-refractivity contribution in [1.82, 2.24) is 15.1 Å². The van der Waals surface area contributed by atoms with Crippen molar-refractivity contribution in [3.8, 4) is 11.3 Å². The maximum absolute atomic E-state index is 13.3. The molecule has 0 aliphatic carbocycles. The minimum Gasteiger partial charge on any atom is -0.334 e. The van der Waals surface area contributed by atoms with E-state index in [1.54, 1.807) is 53.4 Å². The van der Waals surface area contributed by atoms with Crippen LogP contribution in [0.25, 0.3) is 11.3 Å². The van der Waals surface area contributed by atoms with E-state index in [0.717, 1.165) is 27.4 Å². The number of hydrogen-bond acceptors (Lipinski definition) is 4.